The minimum Gasteiger partial charge on any atom is -0.379 e. The standard InChI is InChI=1S/C20H20ClN5O6S/c1-24-17-15(19(28)25(2)20(24)29)9-12(11-22-17)23-18(27)14-10-13(3-4-16(14)21)33(30,31)26-5-7-32-8-6-26/h3-4,9-11H,5-8H2,1-2H3,(H,23,27). The quantitative estimate of drug-likeness (QED) is 0.561. The molecule has 0 bridgehead atoms. The van der Waals surface area contributed by atoms with Crippen LogP contribution in [-0.4, -0.2) is 59.1 Å². The van der Waals surface area contributed by atoms with Crippen molar-refractivity contribution in [1.29, 1.82) is 0 Å². The van der Waals surface area contributed by atoms with Crippen molar-refractivity contribution < 1.29 is 17.9 Å². The zero-order valence-corrected chi connectivity index (χ0v) is 19.3. The highest BCUT2D eigenvalue weighted by Gasteiger charge is 2.27. The molecular formula is C20H20ClN5O6S. The number of anilines is 1. The third-order valence-corrected chi connectivity index (χ3v) is 7.57. The molecule has 0 spiro atoms. The molecule has 1 aromatic carbocycles. The van der Waals surface area contributed by atoms with Gasteiger partial charge in [-0.05, 0) is 24.3 Å². The topological polar surface area (TPSA) is 133 Å². The van der Waals surface area contributed by atoms with Crippen LogP contribution in [0.15, 0.2) is 44.9 Å². The van der Waals surface area contributed by atoms with Crippen LogP contribution in [0, 0.1) is 0 Å². The van der Waals surface area contributed by atoms with Crippen molar-refractivity contribution in [2.24, 2.45) is 14.1 Å². The third-order valence-electron chi connectivity index (χ3n) is 5.34. The van der Waals surface area contributed by atoms with Crippen LogP contribution in [0.5, 0.6) is 0 Å². The Hall–Kier alpha value is -3.06. The first-order valence-electron chi connectivity index (χ1n) is 9.86. The number of morpholine rings is 1. The summed E-state index contributed by atoms with van der Waals surface area (Å²) in [6.07, 6.45) is 1.29. The van der Waals surface area contributed by atoms with Crippen molar-refractivity contribution in [3.8, 4) is 0 Å². The number of hydrogen-bond acceptors (Lipinski definition) is 7. The number of nitrogens with one attached hydrogen (secondary N) is 1. The number of hydrogen-bond donors (Lipinski definition) is 1. The van der Waals surface area contributed by atoms with Gasteiger partial charge in [-0.3, -0.25) is 18.7 Å². The van der Waals surface area contributed by atoms with Crippen molar-refractivity contribution in [3.63, 3.8) is 0 Å². The fourth-order valence-corrected chi connectivity index (χ4v) is 5.15. The first kappa shape index (κ1) is 23.1. The molecule has 1 N–H and O–H groups in total. The molecule has 3 heterocycles. The molecule has 1 aliphatic rings. The molecular weight excluding hydrogens is 474 g/mol. The number of fused-ring (bicyclic) bond motifs is 1. The van der Waals surface area contributed by atoms with E-state index in [1.165, 1.54) is 53.4 Å². The maximum atomic E-state index is 12.9. The van der Waals surface area contributed by atoms with Crippen LogP contribution in [0.3, 0.4) is 0 Å². The largest absolute Gasteiger partial charge is 0.379 e. The minimum absolute atomic E-state index is 0.0560. The second-order valence-electron chi connectivity index (χ2n) is 7.41. The maximum absolute atomic E-state index is 12.9. The summed E-state index contributed by atoms with van der Waals surface area (Å²) in [6.45, 7) is 1.01. The predicted octanol–water partition coefficient (Wildman–Crippen LogP) is 0.559. The number of pyridine rings is 1. The van der Waals surface area contributed by atoms with Gasteiger partial charge in [-0.1, -0.05) is 11.6 Å². The van der Waals surface area contributed by atoms with E-state index in [-0.39, 0.29) is 45.3 Å². The molecule has 1 fully saturated rings. The highest BCUT2D eigenvalue weighted by atomic mass is 35.5. The molecule has 33 heavy (non-hydrogen) atoms. The Morgan fingerprint density at radius 3 is 2.52 bits per heavy atom. The smallest absolute Gasteiger partial charge is 0.332 e. The summed E-state index contributed by atoms with van der Waals surface area (Å²) in [6, 6.07) is 5.28. The summed E-state index contributed by atoms with van der Waals surface area (Å²) >= 11 is 6.18. The van der Waals surface area contributed by atoms with Crippen molar-refractivity contribution in [1.82, 2.24) is 18.4 Å². The fourth-order valence-electron chi connectivity index (χ4n) is 3.51. The van der Waals surface area contributed by atoms with Gasteiger partial charge in [0.25, 0.3) is 11.5 Å². The van der Waals surface area contributed by atoms with E-state index in [4.69, 9.17) is 16.3 Å². The number of amides is 1. The van der Waals surface area contributed by atoms with E-state index in [0.29, 0.717) is 13.2 Å². The number of benzene rings is 1. The number of ether oxygens (including phenoxy) is 1. The predicted molar refractivity (Wildman–Crippen MR) is 121 cm³/mol. The Kier molecular flexibility index (Phi) is 6.10. The van der Waals surface area contributed by atoms with Crippen LogP contribution in [0.1, 0.15) is 10.4 Å². The van der Waals surface area contributed by atoms with Gasteiger partial charge in [-0.2, -0.15) is 4.31 Å². The number of carbonyl (C=O) groups excluding carboxylic acids is 1. The number of carbonyl (C=O) groups is 1. The lowest BCUT2D eigenvalue weighted by molar-refractivity contribution is 0.0730. The van der Waals surface area contributed by atoms with Crippen LogP contribution in [0.2, 0.25) is 5.02 Å². The highest BCUT2D eigenvalue weighted by molar-refractivity contribution is 7.89. The van der Waals surface area contributed by atoms with E-state index in [0.717, 1.165) is 4.57 Å². The number of halogens is 1. The Morgan fingerprint density at radius 1 is 1.12 bits per heavy atom. The Morgan fingerprint density at radius 2 is 1.82 bits per heavy atom. The molecule has 3 aromatic rings. The molecule has 2 aromatic heterocycles. The van der Waals surface area contributed by atoms with Gasteiger partial charge in [0.1, 0.15) is 5.65 Å². The maximum Gasteiger partial charge on any atom is 0.332 e. The van der Waals surface area contributed by atoms with Crippen molar-refractivity contribution in [2.45, 2.75) is 4.90 Å². The number of sulfonamides is 1. The lowest BCUT2D eigenvalue weighted by atomic mass is 10.2. The molecule has 0 saturated carbocycles. The zero-order chi connectivity index (χ0) is 23.9. The normalized spacial score (nSPS) is 15.0. The second-order valence-corrected chi connectivity index (χ2v) is 9.76. The first-order valence-corrected chi connectivity index (χ1v) is 11.7. The number of rotatable bonds is 4. The highest BCUT2D eigenvalue weighted by Crippen LogP contribution is 2.25. The van der Waals surface area contributed by atoms with E-state index in [1.54, 1.807) is 0 Å². The molecule has 13 heteroatoms. The van der Waals surface area contributed by atoms with E-state index in [9.17, 15) is 22.8 Å². The molecule has 0 aliphatic carbocycles. The monoisotopic (exact) mass is 493 g/mol. The molecule has 0 unspecified atom stereocenters. The van der Waals surface area contributed by atoms with Crippen LogP contribution in [-0.2, 0) is 28.9 Å². The van der Waals surface area contributed by atoms with E-state index >= 15 is 0 Å². The second kappa shape index (κ2) is 8.71. The lowest BCUT2D eigenvalue weighted by Gasteiger charge is -2.26. The third kappa shape index (κ3) is 4.17. The average molecular weight is 494 g/mol. The summed E-state index contributed by atoms with van der Waals surface area (Å²) in [5, 5.41) is 2.77. The molecule has 0 atom stereocenters. The number of aryl methyl sites for hydroxylation is 1. The zero-order valence-electron chi connectivity index (χ0n) is 17.7. The van der Waals surface area contributed by atoms with E-state index < -0.39 is 27.2 Å². The molecule has 1 aliphatic heterocycles. The summed E-state index contributed by atoms with van der Waals surface area (Å²) in [7, 11) is -1.01. The minimum atomic E-state index is -3.83. The van der Waals surface area contributed by atoms with Crippen LogP contribution in [0.4, 0.5) is 5.69 Å². The Balaban J connectivity index is 1.68. The SMILES string of the molecule is Cn1c(=O)c2cc(NC(=O)c3cc(S(=O)(=O)N4CCOCC4)ccc3Cl)cnc2n(C)c1=O. The van der Waals surface area contributed by atoms with Gasteiger partial charge in [0.05, 0.1) is 46.0 Å². The van der Waals surface area contributed by atoms with E-state index in [2.05, 4.69) is 10.3 Å². The average Bonchev–Trinajstić information content (AvgIpc) is 2.82. The number of aromatic nitrogens is 3. The molecule has 174 valence electrons. The summed E-state index contributed by atoms with van der Waals surface area (Å²) in [4.78, 5) is 41.5. The van der Waals surface area contributed by atoms with Gasteiger partial charge in [0, 0.05) is 27.2 Å². The molecule has 1 saturated heterocycles. The van der Waals surface area contributed by atoms with Crippen LogP contribution in [0.25, 0.3) is 11.0 Å². The van der Waals surface area contributed by atoms with Gasteiger partial charge in [0.15, 0.2) is 0 Å². The van der Waals surface area contributed by atoms with Gasteiger partial charge >= 0.3 is 5.69 Å². The Labute approximate surface area is 193 Å². The van der Waals surface area contributed by atoms with Crippen molar-refractivity contribution >= 4 is 44.3 Å². The van der Waals surface area contributed by atoms with Gasteiger partial charge in [0.2, 0.25) is 10.0 Å². The molecule has 0 radical (unpaired) electrons. The van der Waals surface area contributed by atoms with Gasteiger partial charge in [-0.15, -0.1) is 0 Å². The van der Waals surface area contributed by atoms with Crippen LogP contribution >= 0.6 is 11.6 Å². The summed E-state index contributed by atoms with van der Waals surface area (Å²) in [5.74, 6) is -0.679. The van der Waals surface area contributed by atoms with Gasteiger partial charge < -0.3 is 10.1 Å². The van der Waals surface area contributed by atoms with Gasteiger partial charge in [-0.25, -0.2) is 18.2 Å². The lowest BCUT2D eigenvalue weighted by Crippen LogP contribution is -2.40. The van der Waals surface area contributed by atoms with E-state index in [1.807, 2.05) is 0 Å². The van der Waals surface area contributed by atoms with Crippen LogP contribution < -0.4 is 16.6 Å². The fraction of sp³-hybridized carbons (Fsp3) is 0.300. The molecule has 4 rings (SSSR count). The number of nitrogens with zero attached hydrogens (tertiary/aromatic N) is 4. The summed E-state index contributed by atoms with van der Waals surface area (Å²) < 4.78 is 34.5. The Bertz CT molecular complexity index is 1490. The first-order chi connectivity index (χ1) is 15.6. The molecule has 11 nitrogen and oxygen atoms in total. The van der Waals surface area contributed by atoms with Crippen molar-refractivity contribution in [2.75, 3.05) is 31.6 Å². The van der Waals surface area contributed by atoms with Crippen molar-refractivity contribution in [3.05, 3.63) is 61.9 Å². The molecule has 1 amide bonds. The summed E-state index contributed by atoms with van der Waals surface area (Å²) in [5.41, 5.74) is -0.798.